The van der Waals surface area contributed by atoms with Crippen LogP contribution in [-0.4, -0.2) is 49.9 Å². The van der Waals surface area contributed by atoms with Crippen LogP contribution in [0.4, 0.5) is 0 Å². The molecule has 7 nitrogen and oxygen atoms in total. The van der Waals surface area contributed by atoms with Crippen molar-refractivity contribution in [2.45, 2.75) is 39.0 Å². The van der Waals surface area contributed by atoms with Crippen molar-refractivity contribution in [2.24, 2.45) is 11.7 Å². The summed E-state index contributed by atoms with van der Waals surface area (Å²) in [6.45, 7) is 5.48. The fourth-order valence-corrected chi connectivity index (χ4v) is 2.29. The van der Waals surface area contributed by atoms with E-state index < -0.39 is 12.0 Å². The van der Waals surface area contributed by atoms with Gasteiger partial charge in [-0.1, -0.05) is 6.92 Å². The van der Waals surface area contributed by atoms with E-state index in [-0.39, 0.29) is 12.3 Å². The van der Waals surface area contributed by atoms with Gasteiger partial charge in [0.25, 0.3) is 0 Å². The molecule has 2 rings (SSSR count). The number of rotatable bonds is 6. The van der Waals surface area contributed by atoms with E-state index in [1.54, 1.807) is 6.33 Å². The molecule has 1 aromatic rings. The molecule has 0 aliphatic carbocycles. The maximum absolute atomic E-state index is 10.8. The molecular formula is C12H21N5O2. The fraction of sp³-hybridized carbons (Fsp3) is 0.750. The Morgan fingerprint density at radius 2 is 2.37 bits per heavy atom. The molecule has 0 aromatic carbocycles. The Morgan fingerprint density at radius 3 is 3.11 bits per heavy atom. The van der Waals surface area contributed by atoms with E-state index in [2.05, 4.69) is 19.7 Å². The maximum atomic E-state index is 10.8. The summed E-state index contributed by atoms with van der Waals surface area (Å²) in [6.07, 6.45) is 1.98. The van der Waals surface area contributed by atoms with Crippen LogP contribution in [0.3, 0.4) is 0 Å². The molecule has 1 aliphatic rings. The third kappa shape index (κ3) is 3.74. The summed E-state index contributed by atoms with van der Waals surface area (Å²) in [5.41, 5.74) is 5.08. The Balaban J connectivity index is 1.76. The molecule has 0 bridgehead atoms. The Morgan fingerprint density at radius 1 is 1.58 bits per heavy atom. The number of carbonyl (C=O) groups is 1. The monoisotopic (exact) mass is 267 g/mol. The highest BCUT2D eigenvalue weighted by Gasteiger charge is 2.20. The minimum atomic E-state index is -0.647. The lowest BCUT2D eigenvalue weighted by molar-refractivity contribution is -0.120. The SMILES string of the molecule is C[C@H](CCN1CCn2cnnc2C1)[C@@H](O)CC(N)=O. The van der Waals surface area contributed by atoms with Crippen molar-refractivity contribution in [1.29, 1.82) is 0 Å². The van der Waals surface area contributed by atoms with Crippen molar-refractivity contribution in [1.82, 2.24) is 19.7 Å². The summed E-state index contributed by atoms with van der Waals surface area (Å²) in [6, 6.07) is 0. The van der Waals surface area contributed by atoms with Crippen LogP contribution < -0.4 is 5.73 Å². The van der Waals surface area contributed by atoms with Gasteiger partial charge < -0.3 is 15.4 Å². The maximum Gasteiger partial charge on any atom is 0.220 e. The summed E-state index contributed by atoms with van der Waals surface area (Å²) >= 11 is 0. The molecule has 19 heavy (non-hydrogen) atoms. The van der Waals surface area contributed by atoms with Crippen molar-refractivity contribution in [2.75, 3.05) is 13.1 Å². The van der Waals surface area contributed by atoms with Gasteiger partial charge in [-0.2, -0.15) is 0 Å². The number of nitrogens with two attached hydrogens (primary N) is 1. The molecule has 0 radical (unpaired) electrons. The number of hydrogen-bond donors (Lipinski definition) is 2. The quantitative estimate of drug-likeness (QED) is 0.714. The van der Waals surface area contributed by atoms with Crippen LogP contribution in [0.15, 0.2) is 6.33 Å². The van der Waals surface area contributed by atoms with Crippen LogP contribution in [0.5, 0.6) is 0 Å². The number of aliphatic hydroxyl groups is 1. The predicted octanol–water partition coefficient (Wildman–Crippen LogP) is -0.644. The third-order valence-corrected chi connectivity index (χ3v) is 3.69. The number of fused-ring (bicyclic) bond motifs is 1. The molecule has 106 valence electrons. The lowest BCUT2D eigenvalue weighted by atomic mass is 9.98. The van der Waals surface area contributed by atoms with Crippen LogP contribution in [-0.2, 0) is 17.9 Å². The Bertz CT molecular complexity index is 434. The molecule has 3 N–H and O–H groups in total. The van der Waals surface area contributed by atoms with E-state index in [9.17, 15) is 9.90 Å². The average molecular weight is 267 g/mol. The zero-order valence-electron chi connectivity index (χ0n) is 11.2. The smallest absolute Gasteiger partial charge is 0.220 e. The Labute approximate surface area is 112 Å². The lowest BCUT2D eigenvalue weighted by Crippen LogP contribution is -2.36. The number of hydrogen-bond acceptors (Lipinski definition) is 5. The van der Waals surface area contributed by atoms with Gasteiger partial charge in [0.2, 0.25) is 5.91 Å². The first kappa shape index (κ1) is 14.0. The highest BCUT2D eigenvalue weighted by Crippen LogP contribution is 2.15. The molecule has 0 saturated carbocycles. The van der Waals surface area contributed by atoms with Crippen molar-refractivity contribution < 1.29 is 9.90 Å². The van der Waals surface area contributed by atoms with Gasteiger partial charge in [-0.25, -0.2) is 0 Å². The van der Waals surface area contributed by atoms with Gasteiger partial charge >= 0.3 is 0 Å². The number of primary amides is 1. The Kier molecular flexibility index (Phi) is 4.49. The van der Waals surface area contributed by atoms with Crippen molar-refractivity contribution in [3.63, 3.8) is 0 Å². The third-order valence-electron chi connectivity index (χ3n) is 3.69. The van der Waals surface area contributed by atoms with Crippen molar-refractivity contribution in [3.05, 3.63) is 12.2 Å². The summed E-state index contributed by atoms with van der Waals surface area (Å²) in [5, 5.41) is 17.8. The van der Waals surface area contributed by atoms with E-state index in [0.29, 0.717) is 0 Å². The van der Waals surface area contributed by atoms with Crippen molar-refractivity contribution >= 4 is 5.91 Å². The zero-order chi connectivity index (χ0) is 13.8. The molecule has 0 unspecified atom stereocenters. The second kappa shape index (κ2) is 6.12. The number of amides is 1. The standard InChI is InChI=1S/C12H21N5O2/c1-9(10(18)6-11(13)19)2-3-16-4-5-17-8-14-15-12(17)7-16/h8-10,18H,2-7H2,1H3,(H2,13,19)/t9-,10+/m1/s1. The summed E-state index contributed by atoms with van der Waals surface area (Å²) < 4.78 is 2.06. The highest BCUT2D eigenvalue weighted by atomic mass is 16.3. The van der Waals surface area contributed by atoms with E-state index in [1.807, 2.05) is 6.92 Å². The minimum absolute atomic E-state index is 0.0372. The first-order valence-electron chi connectivity index (χ1n) is 6.61. The van der Waals surface area contributed by atoms with Gasteiger partial charge in [0.05, 0.1) is 19.1 Å². The van der Waals surface area contributed by atoms with Crippen molar-refractivity contribution in [3.8, 4) is 0 Å². The van der Waals surface area contributed by atoms with Gasteiger partial charge in [-0.3, -0.25) is 9.69 Å². The molecule has 7 heteroatoms. The van der Waals surface area contributed by atoms with Gasteiger partial charge in [0.1, 0.15) is 12.2 Å². The van der Waals surface area contributed by atoms with Crippen LogP contribution in [0.1, 0.15) is 25.6 Å². The van der Waals surface area contributed by atoms with E-state index in [1.165, 1.54) is 0 Å². The number of carbonyl (C=O) groups excluding carboxylic acids is 1. The second-order valence-corrected chi connectivity index (χ2v) is 5.22. The predicted molar refractivity (Wildman–Crippen MR) is 68.9 cm³/mol. The first-order valence-corrected chi connectivity index (χ1v) is 6.61. The fourth-order valence-electron chi connectivity index (χ4n) is 2.29. The molecule has 1 amide bonds. The first-order chi connectivity index (χ1) is 9.06. The van der Waals surface area contributed by atoms with Crippen LogP contribution in [0.2, 0.25) is 0 Å². The van der Waals surface area contributed by atoms with E-state index in [0.717, 1.165) is 38.4 Å². The van der Waals surface area contributed by atoms with Gasteiger partial charge in [-0.05, 0) is 18.9 Å². The number of nitrogens with zero attached hydrogens (tertiary/aromatic N) is 4. The molecule has 0 fully saturated rings. The largest absolute Gasteiger partial charge is 0.392 e. The minimum Gasteiger partial charge on any atom is -0.392 e. The lowest BCUT2D eigenvalue weighted by Gasteiger charge is -2.28. The average Bonchev–Trinajstić information content (AvgIpc) is 2.82. The molecule has 1 aliphatic heterocycles. The summed E-state index contributed by atoms with van der Waals surface area (Å²) in [4.78, 5) is 13.1. The zero-order valence-corrected chi connectivity index (χ0v) is 11.2. The number of aliphatic hydroxyl groups excluding tert-OH is 1. The molecule has 2 atom stereocenters. The second-order valence-electron chi connectivity index (χ2n) is 5.22. The van der Waals surface area contributed by atoms with Crippen LogP contribution >= 0.6 is 0 Å². The van der Waals surface area contributed by atoms with Crippen LogP contribution in [0.25, 0.3) is 0 Å². The van der Waals surface area contributed by atoms with E-state index in [4.69, 9.17) is 5.73 Å². The number of aromatic nitrogens is 3. The van der Waals surface area contributed by atoms with Gasteiger partial charge in [0.15, 0.2) is 0 Å². The summed E-state index contributed by atoms with van der Waals surface area (Å²) in [5.74, 6) is 0.592. The van der Waals surface area contributed by atoms with Crippen LogP contribution in [0, 0.1) is 5.92 Å². The Hall–Kier alpha value is -1.47. The molecule has 2 heterocycles. The highest BCUT2D eigenvalue weighted by molar-refractivity contribution is 5.74. The topological polar surface area (TPSA) is 97.3 Å². The molecule has 0 spiro atoms. The van der Waals surface area contributed by atoms with Gasteiger partial charge in [-0.15, -0.1) is 10.2 Å². The molecule has 1 aromatic heterocycles. The molecular weight excluding hydrogens is 246 g/mol. The normalized spacial score (nSPS) is 18.8. The van der Waals surface area contributed by atoms with E-state index >= 15 is 0 Å². The molecule has 0 saturated heterocycles. The summed E-state index contributed by atoms with van der Waals surface area (Å²) in [7, 11) is 0. The van der Waals surface area contributed by atoms with Gasteiger partial charge in [0, 0.05) is 13.1 Å².